The number of urea groups is 1. The molecule has 0 aliphatic rings. The van der Waals surface area contributed by atoms with Gasteiger partial charge in [-0.1, -0.05) is 19.9 Å². The predicted molar refractivity (Wildman–Crippen MR) is 75.3 cm³/mol. The standard InChI is InChI=1S/C14H21N3O3/c1-10(2)12(13(18)19)9-17-14(20)16-7-5-11-4-3-6-15-8-11/h3-4,6,8,10,12H,5,7,9H2,1-2H3,(H,18,19)(H2,16,17,20). The van der Waals surface area contributed by atoms with Crippen molar-refractivity contribution < 1.29 is 14.7 Å². The maximum Gasteiger partial charge on any atom is 0.314 e. The van der Waals surface area contributed by atoms with Gasteiger partial charge in [0.2, 0.25) is 0 Å². The average Bonchev–Trinajstić information content (AvgIpc) is 2.39. The van der Waals surface area contributed by atoms with Crippen molar-refractivity contribution in [2.75, 3.05) is 13.1 Å². The minimum atomic E-state index is -0.893. The first kappa shape index (κ1) is 15.9. The maximum atomic E-state index is 11.6. The smallest absolute Gasteiger partial charge is 0.314 e. The molecule has 1 rings (SSSR count). The minimum absolute atomic E-state index is 0.0248. The van der Waals surface area contributed by atoms with E-state index in [0.717, 1.165) is 5.56 Å². The average molecular weight is 279 g/mol. The first-order valence-electron chi connectivity index (χ1n) is 6.64. The van der Waals surface area contributed by atoms with Gasteiger partial charge >= 0.3 is 12.0 Å². The normalized spacial score (nSPS) is 11.9. The predicted octanol–water partition coefficient (Wildman–Crippen LogP) is 1.28. The highest BCUT2D eigenvalue weighted by Gasteiger charge is 2.21. The third-order valence-electron chi connectivity index (χ3n) is 3.03. The largest absolute Gasteiger partial charge is 0.481 e. The summed E-state index contributed by atoms with van der Waals surface area (Å²) in [5.74, 6) is -1.49. The van der Waals surface area contributed by atoms with Crippen molar-refractivity contribution in [2.45, 2.75) is 20.3 Å². The summed E-state index contributed by atoms with van der Waals surface area (Å²) in [6.07, 6.45) is 4.13. The molecule has 1 heterocycles. The molecule has 6 nitrogen and oxygen atoms in total. The van der Waals surface area contributed by atoms with Gasteiger partial charge in [0.25, 0.3) is 0 Å². The van der Waals surface area contributed by atoms with E-state index >= 15 is 0 Å². The Morgan fingerprint density at radius 3 is 2.65 bits per heavy atom. The van der Waals surface area contributed by atoms with Gasteiger partial charge in [0.05, 0.1) is 5.92 Å². The highest BCUT2D eigenvalue weighted by atomic mass is 16.4. The number of hydrogen-bond donors (Lipinski definition) is 3. The van der Waals surface area contributed by atoms with Crippen LogP contribution in [0, 0.1) is 11.8 Å². The first-order valence-corrected chi connectivity index (χ1v) is 6.64. The first-order chi connectivity index (χ1) is 9.50. The highest BCUT2D eigenvalue weighted by molar-refractivity contribution is 5.75. The van der Waals surface area contributed by atoms with Crippen molar-refractivity contribution in [3.63, 3.8) is 0 Å². The molecule has 0 spiro atoms. The van der Waals surface area contributed by atoms with Crippen LogP contribution >= 0.6 is 0 Å². The Balaban J connectivity index is 2.25. The van der Waals surface area contributed by atoms with Gasteiger partial charge in [-0.3, -0.25) is 9.78 Å². The fraction of sp³-hybridized carbons (Fsp3) is 0.500. The van der Waals surface area contributed by atoms with Crippen LogP contribution in [0.1, 0.15) is 19.4 Å². The molecule has 0 saturated heterocycles. The number of hydrogen-bond acceptors (Lipinski definition) is 3. The molecular weight excluding hydrogens is 258 g/mol. The summed E-state index contributed by atoms with van der Waals surface area (Å²) in [6.45, 7) is 4.25. The topological polar surface area (TPSA) is 91.3 Å². The van der Waals surface area contributed by atoms with Crippen LogP contribution in [0.5, 0.6) is 0 Å². The van der Waals surface area contributed by atoms with Gasteiger partial charge in [-0.25, -0.2) is 4.79 Å². The molecule has 0 radical (unpaired) electrons. The van der Waals surface area contributed by atoms with Gasteiger partial charge in [0.1, 0.15) is 0 Å². The number of pyridine rings is 1. The van der Waals surface area contributed by atoms with E-state index in [1.165, 1.54) is 0 Å². The van der Waals surface area contributed by atoms with Crippen LogP contribution in [0.25, 0.3) is 0 Å². The number of aromatic nitrogens is 1. The Labute approximate surface area is 118 Å². The quantitative estimate of drug-likeness (QED) is 0.701. The van der Waals surface area contributed by atoms with Crippen LogP contribution in [-0.4, -0.2) is 35.2 Å². The zero-order valence-corrected chi connectivity index (χ0v) is 11.8. The van der Waals surface area contributed by atoms with Crippen LogP contribution in [0.3, 0.4) is 0 Å². The molecule has 0 aliphatic carbocycles. The molecule has 0 aliphatic heterocycles. The van der Waals surface area contributed by atoms with Crippen molar-refractivity contribution in [2.24, 2.45) is 11.8 Å². The lowest BCUT2D eigenvalue weighted by Crippen LogP contribution is -2.41. The minimum Gasteiger partial charge on any atom is -0.481 e. The zero-order chi connectivity index (χ0) is 15.0. The SMILES string of the molecule is CC(C)C(CNC(=O)NCCc1cccnc1)C(=O)O. The zero-order valence-electron chi connectivity index (χ0n) is 11.8. The molecule has 2 amide bonds. The molecule has 0 saturated carbocycles. The lowest BCUT2D eigenvalue weighted by Gasteiger charge is -2.16. The molecule has 6 heteroatoms. The van der Waals surface area contributed by atoms with E-state index in [-0.39, 0.29) is 18.5 Å². The van der Waals surface area contributed by atoms with Crippen molar-refractivity contribution in [3.05, 3.63) is 30.1 Å². The Morgan fingerprint density at radius 2 is 2.10 bits per heavy atom. The van der Waals surface area contributed by atoms with Gasteiger partial charge < -0.3 is 15.7 Å². The molecule has 110 valence electrons. The summed E-state index contributed by atoms with van der Waals surface area (Å²) in [4.78, 5) is 26.5. The van der Waals surface area contributed by atoms with Gasteiger partial charge in [-0.2, -0.15) is 0 Å². The van der Waals surface area contributed by atoms with E-state index in [0.29, 0.717) is 13.0 Å². The van der Waals surface area contributed by atoms with Crippen LogP contribution < -0.4 is 10.6 Å². The summed E-state index contributed by atoms with van der Waals surface area (Å²) < 4.78 is 0. The van der Waals surface area contributed by atoms with E-state index < -0.39 is 11.9 Å². The molecule has 3 N–H and O–H groups in total. The van der Waals surface area contributed by atoms with Crippen LogP contribution in [0.15, 0.2) is 24.5 Å². The maximum absolute atomic E-state index is 11.6. The van der Waals surface area contributed by atoms with Crippen molar-refractivity contribution >= 4 is 12.0 Å². The molecule has 0 fully saturated rings. The summed E-state index contributed by atoms with van der Waals surface area (Å²) in [7, 11) is 0. The Bertz CT molecular complexity index is 435. The second-order valence-corrected chi connectivity index (χ2v) is 4.94. The Kier molecular flexibility index (Phi) is 6.49. The van der Waals surface area contributed by atoms with Gasteiger partial charge in [0, 0.05) is 25.5 Å². The van der Waals surface area contributed by atoms with E-state index in [1.54, 1.807) is 12.4 Å². The van der Waals surface area contributed by atoms with Crippen molar-refractivity contribution in [1.82, 2.24) is 15.6 Å². The number of nitrogens with zero attached hydrogens (tertiary/aromatic N) is 1. The van der Waals surface area contributed by atoms with Crippen molar-refractivity contribution in [3.8, 4) is 0 Å². The van der Waals surface area contributed by atoms with Crippen molar-refractivity contribution in [1.29, 1.82) is 0 Å². The number of carboxylic acids is 1. The fourth-order valence-corrected chi connectivity index (χ4v) is 1.74. The number of carbonyl (C=O) groups excluding carboxylic acids is 1. The number of nitrogens with one attached hydrogen (secondary N) is 2. The number of amides is 2. The summed E-state index contributed by atoms with van der Waals surface area (Å²) in [6, 6.07) is 3.43. The number of aliphatic carboxylic acids is 1. The van der Waals surface area contributed by atoms with Gasteiger partial charge in [-0.05, 0) is 24.0 Å². The van der Waals surface area contributed by atoms with E-state index in [2.05, 4.69) is 15.6 Å². The van der Waals surface area contributed by atoms with Crippen LogP contribution in [0.2, 0.25) is 0 Å². The lowest BCUT2D eigenvalue weighted by molar-refractivity contribution is -0.142. The molecule has 1 atom stereocenters. The number of rotatable bonds is 7. The van der Waals surface area contributed by atoms with Gasteiger partial charge in [-0.15, -0.1) is 0 Å². The second-order valence-electron chi connectivity index (χ2n) is 4.94. The molecule has 1 aromatic heterocycles. The van der Waals surface area contributed by atoms with E-state index in [4.69, 9.17) is 5.11 Å². The molecular formula is C14H21N3O3. The highest BCUT2D eigenvalue weighted by Crippen LogP contribution is 2.09. The van der Waals surface area contributed by atoms with Gasteiger partial charge in [0.15, 0.2) is 0 Å². The number of carbonyl (C=O) groups is 2. The van der Waals surface area contributed by atoms with Crippen LogP contribution in [-0.2, 0) is 11.2 Å². The van der Waals surface area contributed by atoms with Crippen LogP contribution in [0.4, 0.5) is 4.79 Å². The summed E-state index contributed by atoms with van der Waals surface area (Å²) in [5, 5.41) is 14.3. The lowest BCUT2D eigenvalue weighted by atomic mass is 9.96. The third kappa shape index (κ3) is 5.69. The molecule has 0 aromatic carbocycles. The number of carboxylic acid groups (broad SMARTS) is 1. The monoisotopic (exact) mass is 279 g/mol. The summed E-state index contributed by atoms with van der Waals surface area (Å²) in [5.41, 5.74) is 1.04. The molecule has 1 unspecified atom stereocenters. The van der Waals surface area contributed by atoms with E-state index in [1.807, 2.05) is 26.0 Å². The molecule has 0 bridgehead atoms. The van der Waals surface area contributed by atoms with E-state index in [9.17, 15) is 9.59 Å². The Hall–Kier alpha value is -2.11. The Morgan fingerprint density at radius 1 is 1.35 bits per heavy atom. The fourth-order valence-electron chi connectivity index (χ4n) is 1.74. The summed E-state index contributed by atoms with van der Waals surface area (Å²) >= 11 is 0. The molecule has 20 heavy (non-hydrogen) atoms. The molecule has 1 aromatic rings. The third-order valence-corrected chi connectivity index (χ3v) is 3.03. The second kappa shape index (κ2) is 8.14.